The summed E-state index contributed by atoms with van der Waals surface area (Å²) >= 11 is -0.472. The topological polar surface area (TPSA) is 47.6 Å². The van der Waals surface area contributed by atoms with Crippen molar-refractivity contribution in [3.63, 3.8) is 0 Å². The van der Waals surface area contributed by atoms with E-state index in [4.69, 9.17) is 30.3 Å². The molecule has 2 aromatic carbocycles. The van der Waals surface area contributed by atoms with Crippen molar-refractivity contribution < 1.29 is 16.5 Å². The maximum Gasteiger partial charge on any atom is -0.0348 e. The normalized spacial score (nSPS) is 9.53. The molecular formula is C12H10Cl2N2Pt. The molecule has 0 atom stereocenters. The Morgan fingerprint density at radius 2 is 1.00 bits per heavy atom. The van der Waals surface area contributed by atoms with Crippen LogP contribution in [-0.2, 0) is 16.5 Å². The Morgan fingerprint density at radius 3 is 1.29 bits per heavy atom. The van der Waals surface area contributed by atoms with Gasteiger partial charge in [-0.05, 0) is 11.1 Å². The molecule has 5 heteroatoms. The molecule has 17 heavy (non-hydrogen) atoms. The van der Waals surface area contributed by atoms with Crippen LogP contribution < -0.4 is 0 Å². The molecule has 2 rings (SSSR count). The summed E-state index contributed by atoms with van der Waals surface area (Å²) in [4.78, 5) is 0. The van der Waals surface area contributed by atoms with Gasteiger partial charge < -0.3 is 11.5 Å². The van der Waals surface area contributed by atoms with Crippen molar-refractivity contribution in [1.29, 1.82) is 0 Å². The van der Waals surface area contributed by atoms with Gasteiger partial charge >= 0.3 is 35.3 Å². The van der Waals surface area contributed by atoms with E-state index in [-0.39, 0.29) is 0 Å². The van der Waals surface area contributed by atoms with E-state index in [0.29, 0.717) is 11.4 Å². The fraction of sp³-hybridized carbons (Fsp3) is 0. The zero-order valence-electron chi connectivity index (χ0n) is 8.69. The molecule has 0 spiro atoms. The minimum atomic E-state index is -0.472. The molecule has 0 fully saturated rings. The molecule has 0 aliphatic rings. The quantitative estimate of drug-likeness (QED) is 0.507. The minimum Gasteiger partial charge on any atom is -0.698 e. The van der Waals surface area contributed by atoms with Gasteiger partial charge in [-0.2, -0.15) is 0 Å². The molecule has 0 saturated carbocycles. The van der Waals surface area contributed by atoms with Crippen LogP contribution in [0.5, 0.6) is 0 Å². The number of rotatable bonds is 1. The van der Waals surface area contributed by atoms with Gasteiger partial charge in [0.2, 0.25) is 0 Å². The monoisotopic (exact) mass is 447 g/mol. The van der Waals surface area contributed by atoms with E-state index in [1.165, 1.54) is 0 Å². The van der Waals surface area contributed by atoms with Gasteiger partial charge in [-0.25, -0.2) is 0 Å². The predicted octanol–water partition coefficient (Wildman–Crippen LogP) is 6.10. The number of nitrogens with one attached hydrogen (secondary N) is 2. The Balaban J connectivity index is 0.000000437. The second-order valence-electron chi connectivity index (χ2n) is 3.14. The third kappa shape index (κ3) is 4.23. The average molecular weight is 448 g/mol. The maximum absolute atomic E-state index is 7.72. The molecule has 0 bridgehead atoms. The number of benzene rings is 2. The van der Waals surface area contributed by atoms with E-state index in [2.05, 4.69) is 0 Å². The van der Waals surface area contributed by atoms with E-state index < -0.39 is 16.5 Å². The summed E-state index contributed by atoms with van der Waals surface area (Å²) in [6.45, 7) is 0. The molecule has 0 heterocycles. The molecule has 2 N–H and O–H groups in total. The molecule has 0 unspecified atom stereocenters. The van der Waals surface area contributed by atoms with E-state index in [1.807, 2.05) is 36.4 Å². The SMILES string of the molecule is [Cl][Pt+2][Cl].[NH-]c1ccccc1-c1ccccc1[NH-]. The van der Waals surface area contributed by atoms with Gasteiger partial charge in [0.25, 0.3) is 0 Å². The summed E-state index contributed by atoms with van der Waals surface area (Å²) in [5.41, 5.74) is 18.0. The van der Waals surface area contributed by atoms with Crippen molar-refractivity contribution >= 4 is 30.2 Å². The van der Waals surface area contributed by atoms with E-state index in [9.17, 15) is 0 Å². The number of hydrogen-bond donors (Lipinski definition) is 0. The fourth-order valence-electron chi connectivity index (χ4n) is 1.44. The zero-order valence-corrected chi connectivity index (χ0v) is 12.5. The van der Waals surface area contributed by atoms with Crippen LogP contribution in [0.2, 0.25) is 0 Å². The van der Waals surface area contributed by atoms with Crippen molar-refractivity contribution in [1.82, 2.24) is 0 Å². The van der Waals surface area contributed by atoms with Gasteiger partial charge in [0.05, 0.1) is 0 Å². The Kier molecular flexibility index (Phi) is 6.42. The zero-order chi connectivity index (χ0) is 12.7. The molecule has 2 aromatic rings. The third-order valence-electron chi connectivity index (χ3n) is 2.14. The molecule has 2 nitrogen and oxygen atoms in total. The first kappa shape index (κ1) is 14.4. The van der Waals surface area contributed by atoms with E-state index in [1.54, 1.807) is 12.1 Å². The average Bonchev–Trinajstić information content (AvgIpc) is 2.32. The van der Waals surface area contributed by atoms with Crippen molar-refractivity contribution in [2.75, 3.05) is 0 Å². The molecule has 0 saturated heterocycles. The number of hydrogen-bond acceptors (Lipinski definition) is 0. The van der Waals surface area contributed by atoms with Crippen molar-refractivity contribution in [2.45, 2.75) is 0 Å². The van der Waals surface area contributed by atoms with E-state index >= 15 is 0 Å². The first-order valence-electron chi connectivity index (χ1n) is 4.64. The second-order valence-corrected chi connectivity index (χ2v) is 6.42. The molecule has 0 amide bonds. The van der Waals surface area contributed by atoms with Crippen LogP contribution in [0.3, 0.4) is 0 Å². The van der Waals surface area contributed by atoms with Crippen LogP contribution in [-0.4, -0.2) is 0 Å². The van der Waals surface area contributed by atoms with Crippen molar-refractivity contribution in [3.8, 4) is 11.1 Å². The van der Waals surface area contributed by atoms with Gasteiger partial charge in [0, 0.05) is 0 Å². The number of halogens is 2. The van der Waals surface area contributed by atoms with Gasteiger partial charge in [-0.1, -0.05) is 48.5 Å². The molecular weight excluding hydrogens is 438 g/mol. The summed E-state index contributed by atoms with van der Waals surface area (Å²) in [5.74, 6) is 0. The maximum atomic E-state index is 7.72. The smallest absolute Gasteiger partial charge is 0.0348 e. The van der Waals surface area contributed by atoms with Crippen LogP contribution in [0.4, 0.5) is 11.4 Å². The van der Waals surface area contributed by atoms with Crippen LogP contribution in [0, 0.1) is 0 Å². The summed E-state index contributed by atoms with van der Waals surface area (Å²) in [7, 11) is 9.75. The second kappa shape index (κ2) is 7.60. The van der Waals surface area contributed by atoms with Crippen molar-refractivity contribution in [3.05, 3.63) is 60.0 Å². The molecule has 0 aliphatic carbocycles. The van der Waals surface area contributed by atoms with Gasteiger partial charge in [-0.3, -0.25) is 0 Å². The molecule has 0 radical (unpaired) electrons. The Hall–Kier alpha value is -0.692. The first-order chi connectivity index (χ1) is 8.20. The van der Waals surface area contributed by atoms with Crippen LogP contribution in [0.25, 0.3) is 22.6 Å². The molecule has 0 aromatic heterocycles. The summed E-state index contributed by atoms with van der Waals surface area (Å²) < 4.78 is 0. The van der Waals surface area contributed by atoms with E-state index in [0.717, 1.165) is 11.1 Å². The minimum absolute atomic E-state index is 0.465. The summed E-state index contributed by atoms with van der Waals surface area (Å²) in [6, 6.07) is 14.7. The third-order valence-corrected chi connectivity index (χ3v) is 2.14. The Bertz CT molecular complexity index is 434. The Morgan fingerprint density at radius 1 is 0.706 bits per heavy atom. The van der Waals surface area contributed by atoms with Crippen LogP contribution in [0.1, 0.15) is 0 Å². The van der Waals surface area contributed by atoms with Gasteiger partial charge in [0.1, 0.15) is 0 Å². The fourth-order valence-corrected chi connectivity index (χ4v) is 1.44. The standard InChI is InChI=1S/C12H10N2.2ClH.Pt/c13-11-7-3-1-5-9(11)10-6-2-4-8-12(10)14;;;/h1-8,13-14H;2*1H;/q-2;;;+4/p-2. The first-order valence-corrected chi connectivity index (χ1v) is 10.3. The summed E-state index contributed by atoms with van der Waals surface area (Å²) in [5, 5.41) is 0. The molecule has 0 aliphatic heterocycles. The largest absolute Gasteiger partial charge is 0.698 e. The molecule has 92 valence electrons. The summed E-state index contributed by atoms with van der Waals surface area (Å²) in [6.07, 6.45) is 0. The van der Waals surface area contributed by atoms with Crippen LogP contribution in [0.15, 0.2) is 48.5 Å². The van der Waals surface area contributed by atoms with Crippen molar-refractivity contribution in [2.24, 2.45) is 0 Å². The van der Waals surface area contributed by atoms with Gasteiger partial charge in [0.15, 0.2) is 0 Å². The van der Waals surface area contributed by atoms with Gasteiger partial charge in [-0.15, -0.1) is 11.4 Å². The van der Waals surface area contributed by atoms with Crippen LogP contribution >= 0.6 is 18.8 Å². The predicted molar refractivity (Wildman–Crippen MR) is 71.5 cm³/mol. The Labute approximate surface area is 117 Å².